The van der Waals surface area contributed by atoms with E-state index in [1.54, 1.807) is 0 Å². The van der Waals surface area contributed by atoms with Gasteiger partial charge in [-0.1, -0.05) is 74.6 Å². The highest BCUT2D eigenvalue weighted by atomic mass is 31.1. The van der Waals surface area contributed by atoms with Gasteiger partial charge in [-0.25, -0.2) is 14.1 Å². The number of hydrogen-bond donors (Lipinski definition) is 0. The van der Waals surface area contributed by atoms with E-state index in [0.29, 0.717) is 11.6 Å². The van der Waals surface area contributed by atoms with E-state index in [0.717, 1.165) is 18.4 Å². The van der Waals surface area contributed by atoms with Crippen LogP contribution in [0, 0.1) is 0 Å². The third kappa shape index (κ3) is 3.90. The Morgan fingerprint density at radius 3 is 2.24 bits per heavy atom. The molecule has 1 aromatic heterocycles. The van der Waals surface area contributed by atoms with E-state index in [9.17, 15) is 9.13 Å². The Labute approximate surface area is 171 Å². The van der Waals surface area contributed by atoms with Gasteiger partial charge in [-0.2, -0.15) is 0 Å². The van der Waals surface area contributed by atoms with E-state index in [4.69, 9.17) is 4.42 Å². The van der Waals surface area contributed by atoms with Crippen LogP contribution >= 0.6 is 7.68 Å². The summed E-state index contributed by atoms with van der Waals surface area (Å²) in [6.45, 7) is 3.85. The first-order chi connectivity index (χ1) is 14.1. The Kier molecular flexibility index (Phi) is 5.64. The third-order valence-electron chi connectivity index (χ3n) is 5.45. The van der Waals surface area contributed by atoms with Crippen molar-refractivity contribution in [3.8, 4) is 11.5 Å². The molecule has 0 spiro atoms. The summed E-state index contributed by atoms with van der Waals surface area (Å²) in [4.78, 5) is 4.62. The minimum absolute atomic E-state index is 0.0269. The maximum atomic E-state index is 11.7. The SMILES string of the molecule is CC(C)c1nc(-c2cccc(C3C=CC=CC3)c2C2C=CC=CC2)oc1P(=O)=O. The molecule has 4 nitrogen and oxygen atoms in total. The molecule has 0 radical (unpaired) electrons. The fourth-order valence-electron chi connectivity index (χ4n) is 4.06. The lowest BCUT2D eigenvalue weighted by Crippen LogP contribution is -2.08. The second-order valence-corrected chi connectivity index (χ2v) is 8.66. The highest BCUT2D eigenvalue weighted by Crippen LogP contribution is 2.41. The maximum Gasteiger partial charge on any atom is 0.386 e. The third-order valence-corrected chi connectivity index (χ3v) is 6.10. The van der Waals surface area contributed by atoms with Crippen LogP contribution in [0.3, 0.4) is 0 Å². The highest BCUT2D eigenvalue weighted by molar-refractivity contribution is 7.40. The largest absolute Gasteiger partial charge is 0.425 e. The Balaban J connectivity index is 1.90. The topological polar surface area (TPSA) is 60.2 Å². The molecular formula is C24H24NO3P. The molecular weight excluding hydrogens is 381 g/mol. The number of hydrogen-bond acceptors (Lipinski definition) is 4. The van der Waals surface area contributed by atoms with Gasteiger partial charge in [-0.05, 0) is 30.0 Å². The molecule has 29 heavy (non-hydrogen) atoms. The van der Waals surface area contributed by atoms with Crippen LogP contribution in [-0.4, -0.2) is 4.98 Å². The van der Waals surface area contributed by atoms with Crippen LogP contribution in [0.5, 0.6) is 0 Å². The summed E-state index contributed by atoms with van der Waals surface area (Å²) < 4.78 is 29.3. The Morgan fingerprint density at radius 1 is 1.00 bits per heavy atom. The number of oxazole rings is 1. The molecule has 0 amide bonds. The van der Waals surface area contributed by atoms with Crippen molar-refractivity contribution in [1.82, 2.24) is 4.98 Å². The van der Waals surface area contributed by atoms with Gasteiger partial charge in [-0.3, -0.25) is 0 Å². The normalized spacial score (nSPS) is 20.5. The van der Waals surface area contributed by atoms with Crippen LogP contribution in [0.15, 0.2) is 71.2 Å². The lowest BCUT2D eigenvalue weighted by Gasteiger charge is -2.24. The Morgan fingerprint density at radius 2 is 1.69 bits per heavy atom. The zero-order valence-corrected chi connectivity index (χ0v) is 17.5. The molecule has 2 aromatic rings. The smallest absolute Gasteiger partial charge is 0.386 e. The van der Waals surface area contributed by atoms with E-state index in [1.807, 2.05) is 26.0 Å². The molecule has 1 aromatic carbocycles. The van der Waals surface area contributed by atoms with Crippen LogP contribution in [0.2, 0.25) is 0 Å². The van der Waals surface area contributed by atoms with Gasteiger partial charge in [0, 0.05) is 23.3 Å². The Hall–Kier alpha value is -2.71. The zero-order chi connectivity index (χ0) is 20.4. The molecule has 5 heteroatoms. The van der Waals surface area contributed by atoms with Crippen molar-refractivity contribution in [2.75, 3.05) is 0 Å². The first-order valence-corrected chi connectivity index (χ1v) is 11.2. The van der Waals surface area contributed by atoms with Crippen molar-refractivity contribution in [1.29, 1.82) is 0 Å². The maximum absolute atomic E-state index is 11.7. The van der Waals surface area contributed by atoms with Gasteiger partial charge < -0.3 is 4.42 Å². The van der Waals surface area contributed by atoms with Gasteiger partial charge in [-0.15, -0.1) is 0 Å². The van der Waals surface area contributed by atoms with Crippen LogP contribution in [-0.2, 0) is 9.13 Å². The minimum Gasteiger partial charge on any atom is -0.425 e. The molecule has 0 saturated carbocycles. The highest BCUT2D eigenvalue weighted by Gasteiger charge is 2.27. The number of aromatic nitrogens is 1. The first-order valence-electron chi connectivity index (χ1n) is 10.0. The van der Waals surface area contributed by atoms with Crippen molar-refractivity contribution >= 4 is 13.2 Å². The second-order valence-electron chi connectivity index (χ2n) is 7.74. The van der Waals surface area contributed by atoms with E-state index in [-0.39, 0.29) is 23.3 Å². The molecule has 4 rings (SSSR count). The standard InChI is InChI=1S/C24H24NO3P/c1-16(2)22-24(29(26)27)28-23(25-22)20-15-9-14-19(17-10-5-3-6-11-17)21(20)18-12-7-4-8-13-18/h3-10,12,14-18H,11,13H2,1-2H3. The second kappa shape index (κ2) is 8.34. The average Bonchev–Trinajstić information content (AvgIpc) is 3.21. The van der Waals surface area contributed by atoms with Crippen molar-refractivity contribution in [3.63, 3.8) is 0 Å². The zero-order valence-electron chi connectivity index (χ0n) is 16.6. The number of benzene rings is 1. The fraction of sp³-hybridized carbons (Fsp3) is 0.292. The number of allylic oxidation sites excluding steroid dienone is 8. The Bertz CT molecular complexity index is 1090. The van der Waals surface area contributed by atoms with Crippen molar-refractivity contribution in [2.24, 2.45) is 0 Å². The molecule has 2 atom stereocenters. The van der Waals surface area contributed by atoms with E-state index >= 15 is 0 Å². The number of nitrogens with zero attached hydrogens (tertiary/aromatic N) is 1. The summed E-state index contributed by atoms with van der Waals surface area (Å²) in [5.74, 6) is 0.831. The van der Waals surface area contributed by atoms with Crippen LogP contribution in [0.4, 0.5) is 0 Å². The summed E-state index contributed by atoms with van der Waals surface area (Å²) >= 11 is 0. The lowest BCUT2D eigenvalue weighted by molar-refractivity contribution is 0.509. The van der Waals surface area contributed by atoms with E-state index in [2.05, 4.69) is 59.7 Å². The van der Waals surface area contributed by atoms with Gasteiger partial charge in [0.05, 0.1) is 0 Å². The van der Waals surface area contributed by atoms with Gasteiger partial charge >= 0.3 is 7.68 Å². The average molecular weight is 405 g/mol. The fourth-order valence-corrected chi connectivity index (χ4v) is 4.71. The van der Waals surface area contributed by atoms with Gasteiger partial charge in [0.1, 0.15) is 5.69 Å². The summed E-state index contributed by atoms with van der Waals surface area (Å²) in [6.07, 6.45) is 18.9. The van der Waals surface area contributed by atoms with Crippen LogP contribution in [0.1, 0.15) is 61.3 Å². The predicted molar refractivity (Wildman–Crippen MR) is 115 cm³/mol. The molecule has 0 aliphatic heterocycles. The minimum atomic E-state index is -2.84. The van der Waals surface area contributed by atoms with Crippen LogP contribution < -0.4 is 5.50 Å². The molecule has 2 aliphatic rings. The molecule has 1 heterocycles. The van der Waals surface area contributed by atoms with Crippen LogP contribution in [0.25, 0.3) is 11.5 Å². The molecule has 0 saturated heterocycles. The van der Waals surface area contributed by atoms with Gasteiger partial charge in [0.25, 0.3) is 0 Å². The summed E-state index contributed by atoms with van der Waals surface area (Å²) in [5, 5.41) is 0. The molecule has 0 bridgehead atoms. The van der Waals surface area contributed by atoms with E-state index < -0.39 is 7.68 Å². The molecule has 0 fully saturated rings. The lowest BCUT2D eigenvalue weighted by atomic mass is 9.80. The van der Waals surface area contributed by atoms with Gasteiger partial charge in [0.15, 0.2) is 0 Å². The summed E-state index contributed by atoms with van der Waals surface area (Å²) in [6, 6.07) is 6.17. The molecule has 0 N–H and O–H groups in total. The molecule has 148 valence electrons. The molecule has 2 unspecified atom stereocenters. The van der Waals surface area contributed by atoms with Crippen molar-refractivity contribution in [2.45, 2.75) is 44.4 Å². The van der Waals surface area contributed by atoms with Crippen molar-refractivity contribution < 1.29 is 13.5 Å². The first kappa shape index (κ1) is 19.6. The predicted octanol–water partition coefficient (Wildman–Crippen LogP) is 6.46. The molecule has 2 aliphatic carbocycles. The van der Waals surface area contributed by atoms with Gasteiger partial charge in [0.2, 0.25) is 11.4 Å². The quantitative estimate of drug-likeness (QED) is 0.536. The van der Waals surface area contributed by atoms with Crippen molar-refractivity contribution in [3.05, 3.63) is 83.6 Å². The monoisotopic (exact) mass is 405 g/mol. The summed E-state index contributed by atoms with van der Waals surface area (Å²) in [5.41, 5.74) is 3.75. The summed E-state index contributed by atoms with van der Waals surface area (Å²) in [7, 11) is -2.84. The number of rotatable bonds is 5. The van der Waals surface area contributed by atoms with E-state index in [1.165, 1.54) is 11.1 Å².